The van der Waals surface area contributed by atoms with E-state index in [4.69, 9.17) is 4.74 Å². The molecular formula is C22H26N4O5. The van der Waals surface area contributed by atoms with E-state index in [1.807, 2.05) is 18.2 Å². The molecule has 2 aromatic carbocycles. The second-order valence-electron chi connectivity index (χ2n) is 7.52. The fourth-order valence-corrected chi connectivity index (χ4v) is 3.70. The van der Waals surface area contributed by atoms with Gasteiger partial charge in [0.15, 0.2) is 0 Å². The Morgan fingerprint density at radius 2 is 1.87 bits per heavy atom. The number of rotatable bonds is 7. The Labute approximate surface area is 180 Å². The molecule has 0 radical (unpaired) electrons. The summed E-state index contributed by atoms with van der Waals surface area (Å²) in [6.07, 6.45) is 1.57. The molecule has 164 valence electrons. The molecule has 9 heteroatoms. The van der Waals surface area contributed by atoms with Gasteiger partial charge in [0.05, 0.1) is 17.6 Å². The van der Waals surface area contributed by atoms with Crippen LogP contribution in [0.15, 0.2) is 42.5 Å². The highest BCUT2D eigenvalue weighted by Gasteiger charge is 2.26. The average molecular weight is 426 g/mol. The zero-order valence-electron chi connectivity index (χ0n) is 17.6. The lowest BCUT2D eigenvalue weighted by Crippen LogP contribution is -2.44. The molecule has 0 spiro atoms. The Bertz CT molecular complexity index is 956. The van der Waals surface area contributed by atoms with Crippen molar-refractivity contribution in [2.24, 2.45) is 0 Å². The van der Waals surface area contributed by atoms with E-state index < -0.39 is 16.7 Å². The van der Waals surface area contributed by atoms with Crippen LogP contribution in [-0.2, 0) is 11.3 Å². The highest BCUT2D eigenvalue weighted by Crippen LogP contribution is 2.33. The monoisotopic (exact) mass is 426 g/mol. The summed E-state index contributed by atoms with van der Waals surface area (Å²) in [5, 5.41) is 16.8. The van der Waals surface area contributed by atoms with Crippen molar-refractivity contribution in [2.75, 3.05) is 25.5 Å². The van der Waals surface area contributed by atoms with Gasteiger partial charge in [0, 0.05) is 44.7 Å². The van der Waals surface area contributed by atoms with E-state index in [2.05, 4.69) is 27.7 Å². The third-order valence-corrected chi connectivity index (χ3v) is 5.24. The first-order valence-electron chi connectivity index (χ1n) is 10.1. The Morgan fingerprint density at radius 3 is 2.45 bits per heavy atom. The van der Waals surface area contributed by atoms with E-state index in [-0.39, 0.29) is 28.7 Å². The number of nitrogens with one attached hydrogen (secondary N) is 2. The Hall–Kier alpha value is -3.46. The molecule has 1 aliphatic heterocycles. The molecule has 9 nitrogen and oxygen atoms in total. The molecule has 1 fully saturated rings. The maximum absolute atomic E-state index is 12.9. The summed E-state index contributed by atoms with van der Waals surface area (Å²) < 4.78 is 5.25. The van der Waals surface area contributed by atoms with E-state index in [1.165, 1.54) is 25.7 Å². The molecule has 0 atom stereocenters. The van der Waals surface area contributed by atoms with Gasteiger partial charge in [0.25, 0.3) is 11.6 Å². The van der Waals surface area contributed by atoms with Crippen molar-refractivity contribution in [1.29, 1.82) is 0 Å². The first-order chi connectivity index (χ1) is 14.9. The van der Waals surface area contributed by atoms with Crippen molar-refractivity contribution >= 4 is 23.2 Å². The van der Waals surface area contributed by atoms with Crippen molar-refractivity contribution in [3.63, 3.8) is 0 Å². The summed E-state index contributed by atoms with van der Waals surface area (Å²) in [5.74, 6) is -0.728. The molecule has 0 unspecified atom stereocenters. The molecule has 0 bridgehead atoms. The number of anilines is 1. The third-order valence-electron chi connectivity index (χ3n) is 5.24. The highest BCUT2D eigenvalue weighted by molar-refractivity contribution is 6.00. The molecular weight excluding hydrogens is 400 g/mol. The largest absolute Gasteiger partial charge is 0.496 e. The smallest absolute Gasteiger partial charge is 0.293 e. The molecule has 0 aromatic heterocycles. The van der Waals surface area contributed by atoms with Crippen molar-refractivity contribution in [2.45, 2.75) is 32.4 Å². The van der Waals surface area contributed by atoms with Crippen molar-refractivity contribution in [3.8, 4) is 5.75 Å². The second kappa shape index (κ2) is 10.0. The van der Waals surface area contributed by atoms with Gasteiger partial charge in [-0.3, -0.25) is 24.6 Å². The van der Waals surface area contributed by atoms with Crippen LogP contribution >= 0.6 is 0 Å². The fraction of sp³-hybridized carbons (Fsp3) is 0.364. The molecule has 2 N–H and O–H groups in total. The molecule has 1 heterocycles. The second-order valence-corrected chi connectivity index (χ2v) is 7.52. The Balaban J connectivity index is 1.67. The number of nitrogens with zero attached hydrogens (tertiary/aromatic N) is 2. The lowest BCUT2D eigenvalue weighted by atomic mass is 10.0. The molecule has 2 amide bonds. The van der Waals surface area contributed by atoms with E-state index in [0.29, 0.717) is 0 Å². The van der Waals surface area contributed by atoms with Crippen LogP contribution < -0.4 is 15.4 Å². The minimum Gasteiger partial charge on any atom is -0.496 e. The number of hydrogen-bond donors (Lipinski definition) is 2. The number of likely N-dealkylation sites (tertiary alicyclic amines) is 1. The van der Waals surface area contributed by atoms with Crippen molar-refractivity contribution in [3.05, 3.63) is 63.7 Å². The van der Waals surface area contributed by atoms with Gasteiger partial charge in [-0.2, -0.15) is 0 Å². The summed E-state index contributed by atoms with van der Waals surface area (Å²) in [6, 6.07) is 12.6. The number of nitro groups is 1. The van der Waals surface area contributed by atoms with Gasteiger partial charge in [-0.25, -0.2) is 0 Å². The van der Waals surface area contributed by atoms with E-state index in [1.54, 1.807) is 0 Å². The predicted molar refractivity (Wildman–Crippen MR) is 116 cm³/mol. The van der Waals surface area contributed by atoms with Crippen LogP contribution in [0.3, 0.4) is 0 Å². The highest BCUT2D eigenvalue weighted by atomic mass is 16.6. The topological polar surface area (TPSA) is 114 Å². The summed E-state index contributed by atoms with van der Waals surface area (Å²) in [4.78, 5) is 37.3. The van der Waals surface area contributed by atoms with Crippen molar-refractivity contribution < 1.29 is 19.2 Å². The lowest BCUT2D eigenvalue weighted by Gasteiger charge is -2.32. The van der Waals surface area contributed by atoms with Crippen molar-refractivity contribution in [1.82, 2.24) is 10.2 Å². The zero-order chi connectivity index (χ0) is 22.4. The lowest BCUT2D eigenvalue weighted by molar-refractivity contribution is -0.384. The van der Waals surface area contributed by atoms with Crippen LogP contribution in [0.5, 0.6) is 5.75 Å². The van der Waals surface area contributed by atoms with Gasteiger partial charge in [-0.05, 0) is 18.4 Å². The molecule has 31 heavy (non-hydrogen) atoms. The van der Waals surface area contributed by atoms with Gasteiger partial charge in [0.2, 0.25) is 5.91 Å². The molecule has 0 saturated carbocycles. The molecule has 1 saturated heterocycles. The number of carbonyl (C=O) groups excluding carboxylic acids is 2. The van der Waals surface area contributed by atoms with Gasteiger partial charge in [-0.15, -0.1) is 0 Å². The Morgan fingerprint density at radius 1 is 1.19 bits per heavy atom. The van der Waals surface area contributed by atoms with Gasteiger partial charge in [0.1, 0.15) is 11.4 Å². The summed E-state index contributed by atoms with van der Waals surface area (Å²) in [6.45, 7) is 3.81. The maximum atomic E-state index is 12.9. The average Bonchev–Trinajstić information content (AvgIpc) is 2.74. The first-order valence-corrected chi connectivity index (χ1v) is 10.1. The fourth-order valence-electron chi connectivity index (χ4n) is 3.70. The number of amides is 2. The number of nitro benzene ring substituents is 1. The van der Waals surface area contributed by atoms with Crippen LogP contribution in [-0.4, -0.2) is 47.9 Å². The number of methoxy groups -OCH3 is 1. The minimum atomic E-state index is -0.635. The Kier molecular flexibility index (Phi) is 7.19. The summed E-state index contributed by atoms with van der Waals surface area (Å²) >= 11 is 0. The number of piperidine rings is 1. The standard InChI is InChI=1S/C22H26N4O5/c1-15(27)23-19-13-21(31-2)18(12-20(19)26(29)30)22(28)24-17-8-10-25(11-9-17)14-16-6-4-3-5-7-16/h3-7,12-13,17H,8-11,14H2,1-2H3,(H,23,27)(H,24,28). The number of ether oxygens (including phenoxy) is 1. The van der Waals surface area contributed by atoms with Gasteiger partial charge < -0.3 is 15.4 Å². The third kappa shape index (κ3) is 5.79. The number of hydrogen-bond acceptors (Lipinski definition) is 6. The maximum Gasteiger partial charge on any atom is 0.293 e. The SMILES string of the molecule is COc1cc(NC(C)=O)c([N+](=O)[O-])cc1C(=O)NC1CCN(Cc2ccccc2)CC1. The van der Waals surface area contributed by atoms with E-state index in [0.717, 1.165) is 38.5 Å². The van der Waals surface area contributed by atoms with Crippen LogP contribution in [0, 0.1) is 10.1 Å². The van der Waals surface area contributed by atoms with Gasteiger partial charge in [-0.1, -0.05) is 30.3 Å². The molecule has 3 rings (SSSR count). The first kappa shape index (κ1) is 22.2. The minimum absolute atomic E-state index is 0.0138. The molecule has 1 aliphatic rings. The number of carbonyl (C=O) groups is 2. The normalized spacial score (nSPS) is 14.6. The van der Waals surface area contributed by atoms with Gasteiger partial charge >= 0.3 is 0 Å². The summed E-state index contributed by atoms with van der Waals surface area (Å²) in [5.41, 5.74) is 0.940. The zero-order valence-corrected chi connectivity index (χ0v) is 17.6. The number of benzene rings is 2. The molecule has 2 aromatic rings. The van der Waals surface area contributed by atoms with Crippen LogP contribution in [0.1, 0.15) is 35.7 Å². The van der Waals surface area contributed by atoms with Crippen LogP contribution in [0.2, 0.25) is 0 Å². The van der Waals surface area contributed by atoms with E-state index in [9.17, 15) is 19.7 Å². The van der Waals surface area contributed by atoms with E-state index >= 15 is 0 Å². The van der Waals surface area contributed by atoms with Crippen LogP contribution in [0.25, 0.3) is 0 Å². The summed E-state index contributed by atoms with van der Waals surface area (Å²) in [7, 11) is 1.37. The predicted octanol–water partition coefficient (Wildman–Crippen LogP) is 2.96. The van der Waals surface area contributed by atoms with Crippen LogP contribution in [0.4, 0.5) is 11.4 Å². The molecule has 0 aliphatic carbocycles. The quantitative estimate of drug-likeness (QED) is 0.520.